The number of nitrogens with zero attached hydrogens (tertiary/aromatic N) is 2. The van der Waals surface area contributed by atoms with E-state index < -0.39 is 10.3 Å². The first-order chi connectivity index (χ1) is 11.5. The molecule has 7 heteroatoms. The van der Waals surface area contributed by atoms with Crippen LogP contribution < -0.4 is 29.6 Å². The molecule has 5 nitrogen and oxygen atoms in total. The summed E-state index contributed by atoms with van der Waals surface area (Å²) >= 11 is 0. The molecule has 1 aromatic rings. The van der Waals surface area contributed by atoms with E-state index >= 15 is 0 Å². The number of unbranched alkanes of at least 4 members (excludes halogenated alkanes) is 9. The topological polar surface area (TPSA) is 81.9 Å². The zero-order valence-corrected chi connectivity index (χ0v) is 18.4. The van der Waals surface area contributed by atoms with Crippen molar-refractivity contribution in [1.82, 2.24) is 0 Å². The maximum Gasteiger partial charge on any atom is 1.00 e. The van der Waals surface area contributed by atoms with Crippen LogP contribution in [0.5, 0.6) is 0 Å². The SMILES string of the molecule is CCCCCCCCCCCCc1ccc(N=NS(=O)(=O)[O-])cc1.[Na+]. The van der Waals surface area contributed by atoms with Gasteiger partial charge in [0.25, 0.3) is 0 Å². The van der Waals surface area contributed by atoms with Crippen LogP contribution in [0.1, 0.15) is 76.7 Å². The molecule has 1 aromatic carbocycles. The molecule has 0 amide bonds. The van der Waals surface area contributed by atoms with Crippen molar-refractivity contribution in [2.24, 2.45) is 9.63 Å². The number of rotatable bonds is 13. The molecular formula is C18H29N2NaO3S. The molecule has 0 spiro atoms. The Bertz CT molecular complexity index is 574. The van der Waals surface area contributed by atoms with Crippen molar-refractivity contribution in [3.63, 3.8) is 0 Å². The van der Waals surface area contributed by atoms with E-state index in [1.54, 1.807) is 12.1 Å². The van der Waals surface area contributed by atoms with Gasteiger partial charge in [-0.2, -0.15) is 0 Å². The fourth-order valence-corrected chi connectivity index (χ4v) is 2.84. The Kier molecular flexibility index (Phi) is 14.7. The molecule has 0 radical (unpaired) electrons. The number of benzene rings is 1. The van der Waals surface area contributed by atoms with Gasteiger partial charge in [-0.15, -0.1) is 5.11 Å². The maximum absolute atomic E-state index is 10.4. The van der Waals surface area contributed by atoms with E-state index in [1.165, 1.54) is 63.4 Å². The maximum atomic E-state index is 10.4. The van der Waals surface area contributed by atoms with Gasteiger partial charge in [-0.1, -0.05) is 81.4 Å². The molecule has 0 aliphatic heterocycles. The van der Waals surface area contributed by atoms with E-state index in [0.29, 0.717) is 5.69 Å². The van der Waals surface area contributed by atoms with Crippen molar-refractivity contribution in [3.8, 4) is 0 Å². The second-order valence-corrected chi connectivity index (χ2v) is 7.23. The van der Waals surface area contributed by atoms with Crippen LogP contribution in [0.2, 0.25) is 0 Å². The standard InChI is InChI=1S/C18H30N2O3S.Na/c1-2-3-4-5-6-7-8-9-10-11-12-17-13-15-18(16-14-17)19-20-24(21,22)23;/h13-16H,2-12H2,1H3,(H,21,22,23);/q;+1/p-1. The van der Waals surface area contributed by atoms with Gasteiger partial charge >= 0.3 is 29.6 Å². The molecule has 0 bridgehead atoms. The fourth-order valence-electron chi connectivity index (χ4n) is 2.64. The Morgan fingerprint density at radius 3 is 1.80 bits per heavy atom. The molecule has 0 aliphatic carbocycles. The Labute approximate surface area is 174 Å². The first kappa shape index (κ1) is 24.7. The average molecular weight is 376 g/mol. The molecule has 0 atom stereocenters. The van der Waals surface area contributed by atoms with Gasteiger partial charge in [0.2, 0.25) is 10.3 Å². The Balaban J connectivity index is 0.00000576. The van der Waals surface area contributed by atoms with Crippen LogP contribution >= 0.6 is 0 Å². The van der Waals surface area contributed by atoms with Crippen LogP contribution in [0.25, 0.3) is 0 Å². The van der Waals surface area contributed by atoms with Gasteiger partial charge in [-0.05, 0) is 30.5 Å². The summed E-state index contributed by atoms with van der Waals surface area (Å²) < 4.78 is 33.8. The van der Waals surface area contributed by atoms with Gasteiger partial charge in [0.15, 0.2) is 0 Å². The van der Waals surface area contributed by atoms with Crippen LogP contribution in [0.15, 0.2) is 33.9 Å². The van der Waals surface area contributed by atoms with Crippen molar-refractivity contribution in [2.75, 3.05) is 0 Å². The Morgan fingerprint density at radius 1 is 0.840 bits per heavy atom. The average Bonchev–Trinajstić information content (AvgIpc) is 2.55. The summed E-state index contributed by atoms with van der Waals surface area (Å²) in [6.07, 6.45) is 14.2. The van der Waals surface area contributed by atoms with Crippen LogP contribution in [0.4, 0.5) is 5.69 Å². The van der Waals surface area contributed by atoms with Gasteiger partial charge in [0.05, 0.1) is 5.69 Å². The van der Waals surface area contributed by atoms with Gasteiger partial charge in [0.1, 0.15) is 0 Å². The molecule has 1 rings (SSSR count). The third-order valence-corrected chi connectivity index (χ3v) is 4.29. The molecule has 0 fully saturated rings. The predicted octanol–water partition coefficient (Wildman–Crippen LogP) is 2.70. The number of hydrogen-bond donors (Lipinski definition) is 0. The number of hydrogen-bond acceptors (Lipinski definition) is 4. The second kappa shape index (κ2) is 14.9. The minimum Gasteiger partial charge on any atom is -0.728 e. The third-order valence-electron chi connectivity index (χ3n) is 4.01. The molecule has 0 unspecified atom stereocenters. The number of aryl methyl sites for hydroxylation is 1. The molecule has 0 aliphatic rings. The van der Waals surface area contributed by atoms with Gasteiger partial charge < -0.3 is 4.55 Å². The van der Waals surface area contributed by atoms with Crippen LogP contribution in [-0.4, -0.2) is 13.0 Å². The first-order valence-electron chi connectivity index (χ1n) is 8.99. The minimum atomic E-state index is -4.66. The third kappa shape index (κ3) is 14.6. The summed E-state index contributed by atoms with van der Waals surface area (Å²) in [5.74, 6) is 0. The molecule has 0 N–H and O–H groups in total. The summed E-state index contributed by atoms with van der Waals surface area (Å²) in [4.78, 5) is 0. The Hall–Kier alpha value is -0.270. The van der Waals surface area contributed by atoms with Gasteiger partial charge in [-0.25, -0.2) is 8.42 Å². The minimum absolute atomic E-state index is 0. The van der Waals surface area contributed by atoms with E-state index in [0.717, 1.165) is 12.8 Å². The van der Waals surface area contributed by atoms with Crippen molar-refractivity contribution in [2.45, 2.75) is 77.6 Å². The summed E-state index contributed by atoms with van der Waals surface area (Å²) in [6.45, 7) is 2.24. The predicted molar refractivity (Wildman–Crippen MR) is 96.2 cm³/mol. The van der Waals surface area contributed by atoms with Gasteiger partial charge in [0, 0.05) is 0 Å². The zero-order valence-electron chi connectivity index (χ0n) is 15.6. The normalized spacial score (nSPS) is 11.6. The van der Waals surface area contributed by atoms with Crippen molar-refractivity contribution in [1.29, 1.82) is 0 Å². The summed E-state index contributed by atoms with van der Waals surface area (Å²) in [5, 5.41) is 3.40. The summed E-state index contributed by atoms with van der Waals surface area (Å²) in [6, 6.07) is 7.17. The zero-order chi connectivity index (χ0) is 17.7. The summed E-state index contributed by atoms with van der Waals surface area (Å²) in [5.41, 5.74) is 1.57. The van der Waals surface area contributed by atoms with Crippen LogP contribution in [0, 0.1) is 0 Å². The molecule has 0 saturated carbocycles. The molecule has 0 aromatic heterocycles. The van der Waals surface area contributed by atoms with Gasteiger partial charge in [-0.3, -0.25) is 0 Å². The molecule has 0 saturated heterocycles. The van der Waals surface area contributed by atoms with E-state index in [4.69, 9.17) is 0 Å². The van der Waals surface area contributed by atoms with E-state index in [9.17, 15) is 13.0 Å². The van der Waals surface area contributed by atoms with Crippen molar-refractivity contribution < 1.29 is 42.5 Å². The largest absolute Gasteiger partial charge is 1.00 e. The molecule has 25 heavy (non-hydrogen) atoms. The Morgan fingerprint density at radius 2 is 1.32 bits per heavy atom. The van der Waals surface area contributed by atoms with E-state index in [-0.39, 0.29) is 29.6 Å². The van der Waals surface area contributed by atoms with Crippen molar-refractivity contribution in [3.05, 3.63) is 29.8 Å². The quantitative estimate of drug-likeness (QED) is 0.230. The first-order valence-corrected chi connectivity index (χ1v) is 10.4. The van der Waals surface area contributed by atoms with E-state index in [1.807, 2.05) is 12.1 Å². The van der Waals surface area contributed by atoms with Crippen molar-refractivity contribution >= 4 is 16.0 Å². The summed E-state index contributed by atoms with van der Waals surface area (Å²) in [7, 11) is -4.66. The molecule has 0 heterocycles. The fraction of sp³-hybridized carbons (Fsp3) is 0.667. The van der Waals surface area contributed by atoms with Crippen LogP contribution in [-0.2, 0) is 16.7 Å². The molecule has 136 valence electrons. The van der Waals surface area contributed by atoms with E-state index in [2.05, 4.69) is 16.6 Å². The molecular weight excluding hydrogens is 347 g/mol. The second-order valence-electron chi connectivity index (χ2n) is 6.21. The monoisotopic (exact) mass is 376 g/mol. The van der Waals surface area contributed by atoms with Crippen LogP contribution in [0.3, 0.4) is 0 Å². The smallest absolute Gasteiger partial charge is 0.728 e.